The summed E-state index contributed by atoms with van der Waals surface area (Å²) in [5, 5.41) is 5.08. The third-order valence-electron chi connectivity index (χ3n) is 4.10. The van der Waals surface area contributed by atoms with Crippen LogP contribution in [0, 0.1) is 0 Å². The first-order valence-corrected chi connectivity index (χ1v) is 9.90. The van der Waals surface area contributed by atoms with Gasteiger partial charge in [0.1, 0.15) is 19.2 Å². The van der Waals surface area contributed by atoms with Crippen LogP contribution >= 0.6 is 27.3 Å². The van der Waals surface area contributed by atoms with Crippen LogP contribution in [0.25, 0.3) is 0 Å². The Morgan fingerprint density at radius 1 is 1.33 bits per heavy atom. The number of rotatable bonds is 7. The molecular formula is C18H22BrN2O2S+. The molecule has 2 N–H and O–H groups in total. The van der Waals surface area contributed by atoms with E-state index in [2.05, 4.69) is 38.8 Å². The van der Waals surface area contributed by atoms with E-state index in [9.17, 15) is 4.79 Å². The van der Waals surface area contributed by atoms with Gasteiger partial charge >= 0.3 is 0 Å². The van der Waals surface area contributed by atoms with Crippen LogP contribution in [0.1, 0.15) is 17.7 Å². The van der Waals surface area contributed by atoms with E-state index in [0.29, 0.717) is 6.54 Å². The van der Waals surface area contributed by atoms with E-state index >= 15 is 0 Å². The molecule has 1 aromatic carbocycles. The number of nitrogens with one attached hydrogen (secondary N) is 2. The second-order valence-corrected chi connectivity index (χ2v) is 7.94. The molecule has 0 radical (unpaired) electrons. The maximum Gasteiger partial charge on any atom is 0.279 e. The number of anilines is 1. The van der Waals surface area contributed by atoms with Gasteiger partial charge in [0.05, 0.1) is 10.6 Å². The molecule has 1 aliphatic rings. The minimum Gasteiger partial charge on any atom is -0.372 e. The van der Waals surface area contributed by atoms with Gasteiger partial charge in [-0.05, 0) is 52.4 Å². The Morgan fingerprint density at radius 3 is 2.92 bits per heavy atom. The Bertz CT molecular complexity index is 657. The van der Waals surface area contributed by atoms with Crippen molar-refractivity contribution in [1.82, 2.24) is 0 Å². The number of quaternary nitrogens is 1. The van der Waals surface area contributed by atoms with Gasteiger partial charge in [-0.3, -0.25) is 4.79 Å². The van der Waals surface area contributed by atoms with Crippen LogP contribution in [-0.4, -0.2) is 31.7 Å². The van der Waals surface area contributed by atoms with Crippen molar-refractivity contribution in [3.8, 4) is 0 Å². The molecular weight excluding hydrogens is 388 g/mol. The summed E-state index contributed by atoms with van der Waals surface area (Å²) in [4.78, 5) is 15.0. The second kappa shape index (κ2) is 8.76. The Hall–Kier alpha value is -1.21. The number of para-hydroxylation sites is 1. The zero-order valence-electron chi connectivity index (χ0n) is 13.5. The van der Waals surface area contributed by atoms with E-state index in [1.165, 1.54) is 9.78 Å². The highest BCUT2D eigenvalue weighted by molar-refractivity contribution is 9.10. The summed E-state index contributed by atoms with van der Waals surface area (Å²) >= 11 is 5.21. The molecule has 6 heteroatoms. The lowest BCUT2D eigenvalue weighted by molar-refractivity contribution is -0.908. The Morgan fingerprint density at radius 2 is 2.21 bits per heavy atom. The highest BCUT2D eigenvalue weighted by Gasteiger charge is 2.24. The van der Waals surface area contributed by atoms with Crippen molar-refractivity contribution in [2.75, 3.05) is 25.0 Å². The van der Waals surface area contributed by atoms with Crippen LogP contribution in [-0.2, 0) is 16.1 Å². The van der Waals surface area contributed by atoms with Gasteiger partial charge in [-0.15, -0.1) is 11.3 Å². The quantitative estimate of drug-likeness (QED) is 0.737. The van der Waals surface area contributed by atoms with Gasteiger partial charge in [0.25, 0.3) is 5.91 Å². The third kappa shape index (κ3) is 5.14. The van der Waals surface area contributed by atoms with Crippen molar-refractivity contribution in [2.45, 2.75) is 25.5 Å². The Kier molecular flexibility index (Phi) is 6.43. The Balaban J connectivity index is 1.61. The molecule has 0 spiro atoms. The molecule has 4 nitrogen and oxygen atoms in total. The molecule has 1 aliphatic heterocycles. The fraction of sp³-hybridized carbons (Fsp3) is 0.389. The molecule has 0 aliphatic carbocycles. The first-order chi connectivity index (χ1) is 11.7. The predicted molar refractivity (Wildman–Crippen MR) is 100 cm³/mol. The van der Waals surface area contributed by atoms with Crippen LogP contribution in [0.5, 0.6) is 0 Å². The standard InChI is InChI=1S/C18H21BrN2O2S/c19-16-7-1-2-8-17(16)20-18(22)13-21(11-14-5-3-9-23-14)12-15-6-4-10-24-15/h1-2,4,6-8,10,14H,3,5,9,11-13H2,(H,20,22)/p+1/t14-/m1/s1. The van der Waals surface area contributed by atoms with Crippen LogP contribution in [0.3, 0.4) is 0 Å². The first kappa shape index (κ1) is 17.6. The van der Waals surface area contributed by atoms with E-state index in [4.69, 9.17) is 4.74 Å². The van der Waals surface area contributed by atoms with E-state index in [1.54, 1.807) is 11.3 Å². The van der Waals surface area contributed by atoms with Crippen molar-refractivity contribution in [2.24, 2.45) is 0 Å². The fourth-order valence-electron chi connectivity index (χ4n) is 2.98. The zero-order valence-corrected chi connectivity index (χ0v) is 15.9. The van der Waals surface area contributed by atoms with Gasteiger partial charge in [0, 0.05) is 11.1 Å². The van der Waals surface area contributed by atoms with Crippen LogP contribution in [0.15, 0.2) is 46.3 Å². The van der Waals surface area contributed by atoms with Gasteiger partial charge in [-0.2, -0.15) is 0 Å². The number of hydrogen-bond donors (Lipinski definition) is 2. The van der Waals surface area contributed by atoms with Crippen LogP contribution in [0.2, 0.25) is 0 Å². The lowest BCUT2D eigenvalue weighted by Crippen LogP contribution is -3.12. The highest BCUT2D eigenvalue weighted by atomic mass is 79.9. The van der Waals surface area contributed by atoms with Crippen molar-refractivity contribution in [3.63, 3.8) is 0 Å². The first-order valence-electron chi connectivity index (χ1n) is 8.22. The third-order valence-corrected chi connectivity index (χ3v) is 5.67. The summed E-state index contributed by atoms with van der Waals surface area (Å²) in [6.45, 7) is 3.03. The minimum atomic E-state index is 0.0338. The SMILES string of the molecule is O=C(C[NH+](Cc1cccs1)C[C@H]1CCCO1)Nc1ccccc1Br. The van der Waals surface area contributed by atoms with E-state index in [1.807, 2.05) is 24.3 Å². The molecule has 1 aromatic heterocycles. The van der Waals surface area contributed by atoms with Crippen molar-refractivity contribution < 1.29 is 14.4 Å². The number of ether oxygens (including phenoxy) is 1. The molecule has 1 unspecified atom stereocenters. The van der Waals surface area contributed by atoms with Crippen molar-refractivity contribution in [1.29, 1.82) is 0 Å². The number of thiophene rings is 1. The minimum absolute atomic E-state index is 0.0338. The maximum atomic E-state index is 12.5. The van der Waals surface area contributed by atoms with Gasteiger partial charge in [-0.1, -0.05) is 18.2 Å². The van der Waals surface area contributed by atoms with Crippen LogP contribution in [0.4, 0.5) is 5.69 Å². The molecule has 0 bridgehead atoms. The number of carbonyl (C=O) groups is 1. The summed E-state index contributed by atoms with van der Waals surface area (Å²) in [5.74, 6) is 0.0338. The van der Waals surface area contributed by atoms with Gasteiger partial charge < -0.3 is 15.0 Å². The van der Waals surface area contributed by atoms with Gasteiger partial charge in [0.2, 0.25) is 0 Å². The molecule has 2 heterocycles. The molecule has 1 fully saturated rings. The maximum absolute atomic E-state index is 12.5. The summed E-state index contributed by atoms with van der Waals surface area (Å²) in [6, 6.07) is 11.9. The fourth-order valence-corrected chi connectivity index (χ4v) is 4.14. The monoisotopic (exact) mass is 409 g/mol. The molecule has 24 heavy (non-hydrogen) atoms. The second-order valence-electron chi connectivity index (χ2n) is 6.05. The van der Waals surface area contributed by atoms with Gasteiger partial charge in [-0.25, -0.2) is 0 Å². The lowest BCUT2D eigenvalue weighted by atomic mass is 10.2. The molecule has 0 saturated carbocycles. The largest absolute Gasteiger partial charge is 0.372 e. The zero-order chi connectivity index (χ0) is 16.8. The van der Waals surface area contributed by atoms with E-state index < -0.39 is 0 Å². The summed E-state index contributed by atoms with van der Waals surface area (Å²) < 4.78 is 6.67. The van der Waals surface area contributed by atoms with Crippen molar-refractivity contribution >= 4 is 38.9 Å². The molecule has 2 atom stereocenters. The number of halogens is 1. The number of hydrogen-bond acceptors (Lipinski definition) is 3. The topological polar surface area (TPSA) is 42.8 Å². The average Bonchev–Trinajstić information content (AvgIpc) is 3.23. The number of carbonyl (C=O) groups excluding carboxylic acids is 1. The molecule has 1 saturated heterocycles. The number of benzene rings is 1. The molecule has 128 valence electrons. The Labute approximate surface area is 154 Å². The summed E-state index contributed by atoms with van der Waals surface area (Å²) in [7, 11) is 0. The lowest BCUT2D eigenvalue weighted by Gasteiger charge is -2.21. The summed E-state index contributed by atoms with van der Waals surface area (Å²) in [5.41, 5.74) is 0.815. The van der Waals surface area contributed by atoms with Crippen molar-refractivity contribution in [3.05, 3.63) is 51.1 Å². The normalized spacial score (nSPS) is 18.5. The molecule has 3 rings (SSSR count). The average molecular weight is 410 g/mol. The molecule has 2 aromatic rings. The smallest absolute Gasteiger partial charge is 0.279 e. The van der Waals surface area contributed by atoms with Crippen LogP contribution < -0.4 is 10.2 Å². The van der Waals surface area contributed by atoms with E-state index in [0.717, 1.165) is 42.7 Å². The molecule has 1 amide bonds. The van der Waals surface area contributed by atoms with E-state index in [-0.39, 0.29) is 12.0 Å². The van der Waals surface area contributed by atoms with Gasteiger partial charge in [0.15, 0.2) is 6.54 Å². The predicted octanol–water partition coefficient (Wildman–Crippen LogP) is 2.71. The summed E-state index contributed by atoms with van der Waals surface area (Å²) in [6.07, 6.45) is 2.50. The number of amides is 1. The highest BCUT2D eigenvalue weighted by Crippen LogP contribution is 2.20.